The molecule has 0 radical (unpaired) electrons. The van der Waals surface area contributed by atoms with Crippen molar-refractivity contribution >= 4 is 11.6 Å². The monoisotopic (exact) mass is 237 g/mol. The number of nitrogens with one attached hydrogen (secondary N) is 1. The Morgan fingerprint density at radius 2 is 2.31 bits per heavy atom. The van der Waals surface area contributed by atoms with Crippen LogP contribution in [0.5, 0.6) is 5.75 Å². The second kappa shape index (κ2) is 6.42. The molecular weight excluding hydrogens is 222 g/mol. The summed E-state index contributed by atoms with van der Waals surface area (Å²) in [6.07, 6.45) is 6.54. The molecule has 0 spiro atoms. The van der Waals surface area contributed by atoms with Crippen LogP contribution in [-0.4, -0.2) is 13.7 Å². The highest BCUT2D eigenvalue weighted by atomic mass is 35.5. The van der Waals surface area contributed by atoms with Crippen molar-refractivity contribution in [1.82, 2.24) is 5.32 Å². The van der Waals surface area contributed by atoms with Crippen LogP contribution in [0.3, 0.4) is 0 Å². The summed E-state index contributed by atoms with van der Waals surface area (Å²) in [7, 11) is 1.63. The first kappa shape index (κ1) is 12.9. The SMILES string of the molecule is C#CC(NCCC)c1cc(Cl)ccc1OC. The first-order chi connectivity index (χ1) is 7.72. The summed E-state index contributed by atoms with van der Waals surface area (Å²) < 4.78 is 5.27. The van der Waals surface area contributed by atoms with Gasteiger partial charge in [-0.3, -0.25) is 5.32 Å². The molecule has 16 heavy (non-hydrogen) atoms. The van der Waals surface area contributed by atoms with E-state index in [4.69, 9.17) is 22.8 Å². The number of hydrogen-bond donors (Lipinski definition) is 1. The highest BCUT2D eigenvalue weighted by Crippen LogP contribution is 2.27. The van der Waals surface area contributed by atoms with Gasteiger partial charge in [-0.05, 0) is 31.2 Å². The Balaban J connectivity index is 2.98. The Kier molecular flexibility index (Phi) is 5.18. The fourth-order valence-electron chi connectivity index (χ4n) is 1.48. The minimum atomic E-state index is -0.159. The second-order valence-electron chi connectivity index (χ2n) is 3.44. The van der Waals surface area contributed by atoms with Crippen LogP contribution in [0.1, 0.15) is 24.9 Å². The average Bonchev–Trinajstić information content (AvgIpc) is 2.30. The van der Waals surface area contributed by atoms with Gasteiger partial charge in [-0.2, -0.15) is 0 Å². The lowest BCUT2D eigenvalue weighted by atomic mass is 10.1. The van der Waals surface area contributed by atoms with Gasteiger partial charge in [-0.1, -0.05) is 24.4 Å². The van der Waals surface area contributed by atoms with Gasteiger partial charge in [0.05, 0.1) is 13.2 Å². The Morgan fingerprint density at radius 1 is 1.56 bits per heavy atom. The number of benzene rings is 1. The number of hydrogen-bond acceptors (Lipinski definition) is 2. The van der Waals surface area contributed by atoms with E-state index in [0.29, 0.717) is 5.02 Å². The third-order valence-corrected chi connectivity index (χ3v) is 2.50. The van der Waals surface area contributed by atoms with E-state index in [1.165, 1.54) is 0 Å². The zero-order chi connectivity index (χ0) is 12.0. The van der Waals surface area contributed by atoms with Gasteiger partial charge in [0, 0.05) is 10.6 Å². The summed E-state index contributed by atoms with van der Waals surface area (Å²) in [5.74, 6) is 3.47. The van der Waals surface area contributed by atoms with E-state index in [9.17, 15) is 0 Å². The first-order valence-corrected chi connectivity index (χ1v) is 5.63. The van der Waals surface area contributed by atoms with Gasteiger partial charge >= 0.3 is 0 Å². The summed E-state index contributed by atoms with van der Waals surface area (Å²) in [4.78, 5) is 0. The molecule has 1 aromatic carbocycles. The van der Waals surface area contributed by atoms with Gasteiger partial charge in [0.15, 0.2) is 0 Å². The fraction of sp³-hybridized carbons (Fsp3) is 0.385. The van der Waals surface area contributed by atoms with Crippen LogP contribution in [0.25, 0.3) is 0 Å². The van der Waals surface area contributed by atoms with E-state index in [2.05, 4.69) is 18.2 Å². The Morgan fingerprint density at radius 3 is 2.88 bits per heavy atom. The van der Waals surface area contributed by atoms with Crippen LogP contribution in [0.15, 0.2) is 18.2 Å². The lowest BCUT2D eigenvalue weighted by molar-refractivity contribution is 0.405. The summed E-state index contributed by atoms with van der Waals surface area (Å²) in [5, 5.41) is 3.92. The van der Waals surface area contributed by atoms with Gasteiger partial charge in [0.25, 0.3) is 0 Å². The molecule has 0 fully saturated rings. The highest BCUT2D eigenvalue weighted by Gasteiger charge is 2.13. The van der Waals surface area contributed by atoms with E-state index in [0.717, 1.165) is 24.3 Å². The standard InChI is InChI=1S/C13H16ClNO/c1-4-8-15-12(5-2)11-9-10(14)6-7-13(11)16-3/h2,6-7,9,12,15H,4,8H2,1,3H3. The van der Waals surface area contributed by atoms with E-state index < -0.39 is 0 Å². The molecular formula is C13H16ClNO. The van der Waals surface area contributed by atoms with Gasteiger partial charge in [-0.15, -0.1) is 6.42 Å². The quantitative estimate of drug-likeness (QED) is 0.795. The Labute approximate surface area is 102 Å². The van der Waals surface area contributed by atoms with E-state index in [-0.39, 0.29) is 6.04 Å². The lowest BCUT2D eigenvalue weighted by Gasteiger charge is -2.16. The van der Waals surface area contributed by atoms with Crippen molar-refractivity contribution in [3.05, 3.63) is 28.8 Å². The third-order valence-electron chi connectivity index (χ3n) is 2.27. The van der Waals surface area contributed by atoms with Gasteiger partial charge in [0.2, 0.25) is 0 Å². The molecule has 1 atom stereocenters. The van der Waals surface area contributed by atoms with E-state index >= 15 is 0 Å². The number of rotatable bonds is 5. The lowest BCUT2D eigenvalue weighted by Crippen LogP contribution is -2.21. The van der Waals surface area contributed by atoms with Crippen molar-refractivity contribution in [3.63, 3.8) is 0 Å². The minimum absolute atomic E-state index is 0.159. The molecule has 0 aliphatic rings. The van der Waals surface area contributed by atoms with Crippen molar-refractivity contribution in [2.75, 3.05) is 13.7 Å². The predicted molar refractivity (Wildman–Crippen MR) is 67.9 cm³/mol. The molecule has 0 saturated carbocycles. The van der Waals surface area contributed by atoms with Crippen molar-refractivity contribution < 1.29 is 4.74 Å². The average molecular weight is 238 g/mol. The van der Waals surface area contributed by atoms with Crippen LogP contribution in [-0.2, 0) is 0 Å². The van der Waals surface area contributed by atoms with Crippen molar-refractivity contribution in [2.24, 2.45) is 0 Å². The minimum Gasteiger partial charge on any atom is -0.496 e. The fourth-order valence-corrected chi connectivity index (χ4v) is 1.66. The van der Waals surface area contributed by atoms with Crippen LogP contribution in [0.4, 0.5) is 0 Å². The molecule has 0 aromatic heterocycles. The zero-order valence-corrected chi connectivity index (χ0v) is 10.3. The Bertz CT molecular complexity index is 384. The predicted octanol–water partition coefficient (Wildman–Crippen LogP) is 3.02. The molecule has 0 saturated heterocycles. The maximum absolute atomic E-state index is 5.96. The molecule has 0 heterocycles. The number of terminal acetylenes is 1. The summed E-state index contributed by atoms with van der Waals surface area (Å²) >= 11 is 5.96. The molecule has 1 N–H and O–H groups in total. The molecule has 0 bridgehead atoms. The molecule has 0 amide bonds. The normalized spacial score (nSPS) is 11.9. The van der Waals surface area contributed by atoms with Crippen LogP contribution >= 0.6 is 11.6 Å². The number of halogens is 1. The highest BCUT2D eigenvalue weighted by molar-refractivity contribution is 6.30. The van der Waals surface area contributed by atoms with Crippen molar-refractivity contribution in [1.29, 1.82) is 0 Å². The molecule has 1 unspecified atom stereocenters. The molecule has 1 aromatic rings. The van der Waals surface area contributed by atoms with Crippen LogP contribution in [0.2, 0.25) is 5.02 Å². The molecule has 3 heteroatoms. The Hall–Kier alpha value is -1.17. The van der Waals surface area contributed by atoms with Crippen molar-refractivity contribution in [2.45, 2.75) is 19.4 Å². The molecule has 0 aliphatic heterocycles. The first-order valence-electron chi connectivity index (χ1n) is 5.25. The summed E-state index contributed by atoms with van der Waals surface area (Å²) in [6, 6.07) is 5.30. The maximum atomic E-state index is 5.96. The molecule has 86 valence electrons. The smallest absolute Gasteiger partial charge is 0.124 e. The topological polar surface area (TPSA) is 21.3 Å². The molecule has 0 aliphatic carbocycles. The van der Waals surface area contributed by atoms with E-state index in [1.807, 2.05) is 12.1 Å². The second-order valence-corrected chi connectivity index (χ2v) is 3.88. The largest absolute Gasteiger partial charge is 0.496 e. The summed E-state index contributed by atoms with van der Waals surface area (Å²) in [6.45, 7) is 2.96. The maximum Gasteiger partial charge on any atom is 0.124 e. The summed E-state index contributed by atoms with van der Waals surface area (Å²) in [5.41, 5.74) is 0.908. The van der Waals surface area contributed by atoms with Crippen LogP contribution in [0, 0.1) is 12.3 Å². The number of methoxy groups -OCH3 is 1. The zero-order valence-electron chi connectivity index (χ0n) is 9.59. The van der Waals surface area contributed by atoms with Gasteiger partial charge in [0.1, 0.15) is 5.75 Å². The third kappa shape index (κ3) is 3.16. The van der Waals surface area contributed by atoms with E-state index in [1.54, 1.807) is 13.2 Å². The van der Waals surface area contributed by atoms with Crippen molar-refractivity contribution in [3.8, 4) is 18.1 Å². The number of ether oxygens (including phenoxy) is 1. The molecule has 1 rings (SSSR count). The van der Waals surface area contributed by atoms with Gasteiger partial charge in [-0.25, -0.2) is 0 Å². The van der Waals surface area contributed by atoms with Crippen LogP contribution < -0.4 is 10.1 Å². The molecule has 2 nitrogen and oxygen atoms in total. The van der Waals surface area contributed by atoms with Gasteiger partial charge < -0.3 is 4.74 Å².